The minimum atomic E-state index is 0.604. The van der Waals surface area contributed by atoms with Crippen LogP contribution in [-0.4, -0.2) is 41.9 Å². The fourth-order valence-corrected chi connectivity index (χ4v) is 1.98. The Kier molecular flexibility index (Phi) is 4.38. The number of rotatable bonds is 5. The summed E-state index contributed by atoms with van der Waals surface area (Å²) in [6.07, 6.45) is 0. The number of nitriles is 1. The van der Waals surface area contributed by atoms with E-state index >= 15 is 0 Å². The number of aromatic nitrogens is 2. The predicted octanol–water partition coefficient (Wildman–Crippen LogP) is 2.03. The van der Waals surface area contributed by atoms with Crippen molar-refractivity contribution in [2.24, 2.45) is 0 Å². The van der Waals surface area contributed by atoms with E-state index in [0.29, 0.717) is 5.56 Å². The maximum atomic E-state index is 9.31. The van der Waals surface area contributed by atoms with E-state index in [9.17, 15) is 5.26 Å². The molecular weight excluding hydrogens is 250 g/mol. The van der Waals surface area contributed by atoms with Crippen molar-refractivity contribution in [2.45, 2.75) is 6.92 Å². The second kappa shape index (κ2) is 6.22. The number of benzene rings is 1. The zero-order chi connectivity index (χ0) is 14.5. The Bertz CT molecular complexity index is 607. The van der Waals surface area contributed by atoms with Crippen molar-refractivity contribution in [3.8, 4) is 11.8 Å². The summed E-state index contributed by atoms with van der Waals surface area (Å²) < 4.78 is 1.80. The highest BCUT2D eigenvalue weighted by atomic mass is 15.3. The lowest BCUT2D eigenvalue weighted by Crippen LogP contribution is -2.22. The second-order valence-electron chi connectivity index (χ2n) is 4.90. The van der Waals surface area contributed by atoms with E-state index in [1.54, 1.807) is 4.68 Å². The number of para-hydroxylation sites is 1. The average molecular weight is 269 g/mol. The zero-order valence-electron chi connectivity index (χ0n) is 12.1. The van der Waals surface area contributed by atoms with Crippen LogP contribution in [0.15, 0.2) is 30.3 Å². The van der Waals surface area contributed by atoms with Gasteiger partial charge in [-0.05, 0) is 33.2 Å². The summed E-state index contributed by atoms with van der Waals surface area (Å²) in [7, 11) is 4.04. The fourth-order valence-electron chi connectivity index (χ4n) is 1.98. The number of hydrogen-bond acceptors (Lipinski definition) is 4. The Morgan fingerprint density at radius 1 is 1.30 bits per heavy atom. The monoisotopic (exact) mass is 269 g/mol. The van der Waals surface area contributed by atoms with Crippen molar-refractivity contribution in [3.63, 3.8) is 0 Å². The number of hydrogen-bond donors (Lipinski definition) is 1. The minimum Gasteiger partial charge on any atom is -0.368 e. The quantitative estimate of drug-likeness (QED) is 0.902. The molecule has 0 saturated carbocycles. The van der Waals surface area contributed by atoms with Crippen LogP contribution < -0.4 is 5.32 Å². The van der Waals surface area contributed by atoms with Crippen LogP contribution in [0.5, 0.6) is 0 Å². The molecule has 0 radical (unpaired) electrons. The molecule has 2 aromatic rings. The molecule has 104 valence electrons. The topological polar surface area (TPSA) is 56.9 Å². The van der Waals surface area contributed by atoms with Gasteiger partial charge in [0.05, 0.1) is 11.4 Å². The number of likely N-dealkylation sites (N-methyl/N-ethyl adjacent to an activating group) is 1. The van der Waals surface area contributed by atoms with Gasteiger partial charge in [-0.2, -0.15) is 10.4 Å². The minimum absolute atomic E-state index is 0.604. The molecule has 0 bridgehead atoms. The van der Waals surface area contributed by atoms with Gasteiger partial charge < -0.3 is 10.2 Å². The molecule has 1 N–H and O–H groups in total. The van der Waals surface area contributed by atoms with Crippen LogP contribution in [0.3, 0.4) is 0 Å². The summed E-state index contributed by atoms with van der Waals surface area (Å²) in [5, 5.41) is 17.1. The first-order valence-corrected chi connectivity index (χ1v) is 6.57. The first kappa shape index (κ1) is 14.1. The van der Waals surface area contributed by atoms with Gasteiger partial charge in [0.25, 0.3) is 0 Å². The van der Waals surface area contributed by atoms with E-state index < -0.39 is 0 Å². The van der Waals surface area contributed by atoms with Crippen molar-refractivity contribution >= 4 is 5.82 Å². The standard InChI is InChI=1S/C15H19N5/c1-12-14(11-16)15(17-9-10-19(2)3)20(18-12)13-7-5-4-6-8-13/h4-8,17H,9-10H2,1-3H3. The molecular formula is C15H19N5. The number of aryl methyl sites for hydroxylation is 1. The highest BCUT2D eigenvalue weighted by Crippen LogP contribution is 2.22. The maximum Gasteiger partial charge on any atom is 0.148 e. The molecule has 5 nitrogen and oxygen atoms in total. The molecule has 0 aliphatic carbocycles. The van der Waals surface area contributed by atoms with Crippen LogP contribution in [0, 0.1) is 18.3 Å². The molecule has 20 heavy (non-hydrogen) atoms. The largest absolute Gasteiger partial charge is 0.368 e. The summed E-state index contributed by atoms with van der Waals surface area (Å²) in [6.45, 7) is 3.51. The summed E-state index contributed by atoms with van der Waals surface area (Å²) in [5.41, 5.74) is 2.29. The molecule has 0 aliphatic heterocycles. The van der Waals surface area contributed by atoms with E-state index in [2.05, 4.69) is 21.4 Å². The Morgan fingerprint density at radius 3 is 2.60 bits per heavy atom. The Balaban J connectivity index is 2.35. The van der Waals surface area contributed by atoms with Crippen molar-refractivity contribution in [1.82, 2.24) is 14.7 Å². The third-order valence-corrected chi connectivity index (χ3v) is 3.02. The van der Waals surface area contributed by atoms with Gasteiger partial charge in [0, 0.05) is 13.1 Å². The molecule has 0 atom stereocenters. The van der Waals surface area contributed by atoms with Crippen molar-refractivity contribution in [2.75, 3.05) is 32.5 Å². The van der Waals surface area contributed by atoms with Gasteiger partial charge in [0.2, 0.25) is 0 Å². The second-order valence-corrected chi connectivity index (χ2v) is 4.90. The third kappa shape index (κ3) is 2.98. The fraction of sp³-hybridized carbons (Fsp3) is 0.333. The van der Waals surface area contributed by atoms with Gasteiger partial charge in [-0.3, -0.25) is 0 Å². The normalized spacial score (nSPS) is 10.6. The summed E-state index contributed by atoms with van der Waals surface area (Å²) in [6, 6.07) is 12.1. The Morgan fingerprint density at radius 2 is 2.00 bits per heavy atom. The van der Waals surface area contributed by atoms with Crippen molar-refractivity contribution in [3.05, 3.63) is 41.6 Å². The summed E-state index contributed by atoms with van der Waals surface area (Å²) in [5.74, 6) is 0.762. The Labute approximate surface area is 119 Å². The van der Waals surface area contributed by atoms with Gasteiger partial charge in [0.15, 0.2) is 0 Å². The third-order valence-electron chi connectivity index (χ3n) is 3.02. The SMILES string of the molecule is Cc1nn(-c2ccccc2)c(NCCN(C)C)c1C#N. The van der Waals surface area contributed by atoms with Crippen LogP contribution in [0.1, 0.15) is 11.3 Å². The molecule has 0 spiro atoms. The van der Waals surface area contributed by atoms with Gasteiger partial charge in [-0.15, -0.1) is 0 Å². The summed E-state index contributed by atoms with van der Waals surface area (Å²) >= 11 is 0. The lowest BCUT2D eigenvalue weighted by molar-refractivity contribution is 0.425. The first-order valence-electron chi connectivity index (χ1n) is 6.57. The van der Waals surface area contributed by atoms with Crippen molar-refractivity contribution < 1.29 is 0 Å². The highest BCUT2D eigenvalue weighted by Gasteiger charge is 2.15. The number of anilines is 1. The number of nitrogens with one attached hydrogen (secondary N) is 1. The van der Waals surface area contributed by atoms with Crippen molar-refractivity contribution in [1.29, 1.82) is 5.26 Å². The lowest BCUT2D eigenvalue weighted by Gasteiger charge is -2.13. The predicted molar refractivity (Wildman–Crippen MR) is 80.1 cm³/mol. The summed E-state index contributed by atoms with van der Waals surface area (Å²) in [4.78, 5) is 2.09. The van der Waals surface area contributed by atoms with Crippen LogP contribution in [0.4, 0.5) is 5.82 Å². The molecule has 0 saturated heterocycles. The van der Waals surface area contributed by atoms with Gasteiger partial charge in [0.1, 0.15) is 17.5 Å². The lowest BCUT2D eigenvalue weighted by atomic mass is 10.2. The molecule has 2 rings (SSSR count). The molecule has 1 heterocycles. The molecule has 5 heteroatoms. The van der Waals surface area contributed by atoms with E-state index in [0.717, 1.165) is 30.3 Å². The smallest absolute Gasteiger partial charge is 0.148 e. The molecule has 1 aromatic carbocycles. The zero-order valence-corrected chi connectivity index (χ0v) is 12.1. The van der Waals surface area contributed by atoms with E-state index in [1.165, 1.54) is 0 Å². The van der Waals surface area contributed by atoms with E-state index in [1.807, 2.05) is 51.4 Å². The maximum absolute atomic E-state index is 9.31. The van der Waals surface area contributed by atoms with Crippen LogP contribution >= 0.6 is 0 Å². The van der Waals surface area contributed by atoms with Crippen LogP contribution in [-0.2, 0) is 0 Å². The van der Waals surface area contributed by atoms with Gasteiger partial charge >= 0.3 is 0 Å². The van der Waals surface area contributed by atoms with E-state index in [-0.39, 0.29) is 0 Å². The Hall–Kier alpha value is -2.32. The first-order chi connectivity index (χ1) is 9.63. The van der Waals surface area contributed by atoms with Gasteiger partial charge in [-0.1, -0.05) is 18.2 Å². The average Bonchev–Trinajstić information content (AvgIpc) is 2.75. The molecule has 1 aromatic heterocycles. The van der Waals surface area contributed by atoms with Crippen LogP contribution in [0.25, 0.3) is 5.69 Å². The van der Waals surface area contributed by atoms with Crippen LogP contribution in [0.2, 0.25) is 0 Å². The molecule has 0 aliphatic rings. The molecule has 0 amide bonds. The van der Waals surface area contributed by atoms with E-state index in [4.69, 9.17) is 0 Å². The molecule has 0 fully saturated rings. The molecule has 0 unspecified atom stereocenters. The van der Waals surface area contributed by atoms with Gasteiger partial charge in [-0.25, -0.2) is 4.68 Å². The number of nitrogens with zero attached hydrogens (tertiary/aromatic N) is 4. The highest BCUT2D eigenvalue weighted by molar-refractivity contribution is 5.58.